The van der Waals surface area contributed by atoms with Crippen molar-refractivity contribution in [3.05, 3.63) is 18.3 Å². The number of piperidine rings is 1. The SMILES string of the molecule is CN1CCC(N(C)c2ccc3nc(N)nn3c2)CC1. The summed E-state index contributed by atoms with van der Waals surface area (Å²) in [5, 5.41) is 4.16. The van der Waals surface area contributed by atoms with Gasteiger partial charge in [-0.05, 0) is 45.1 Å². The predicted molar refractivity (Wildman–Crippen MR) is 76.3 cm³/mol. The summed E-state index contributed by atoms with van der Waals surface area (Å²) in [6.45, 7) is 2.32. The van der Waals surface area contributed by atoms with Crippen molar-refractivity contribution in [2.75, 3.05) is 37.8 Å². The zero-order valence-corrected chi connectivity index (χ0v) is 11.5. The van der Waals surface area contributed by atoms with Gasteiger partial charge in [-0.25, -0.2) is 4.52 Å². The van der Waals surface area contributed by atoms with Crippen LogP contribution in [0.3, 0.4) is 0 Å². The molecule has 0 bridgehead atoms. The third-order valence-electron chi connectivity index (χ3n) is 3.97. The summed E-state index contributed by atoms with van der Waals surface area (Å²) < 4.78 is 1.75. The average Bonchev–Trinajstić information content (AvgIpc) is 2.77. The average molecular weight is 260 g/mol. The zero-order valence-electron chi connectivity index (χ0n) is 11.5. The van der Waals surface area contributed by atoms with E-state index in [1.165, 1.54) is 12.8 Å². The van der Waals surface area contributed by atoms with E-state index in [0.717, 1.165) is 24.4 Å². The highest BCUT2D eigenvalue weighted by Crippen LogP contribution is 2.22. The number of anilines is 2. The lowest BCUT2D eigenvalue weighted by Gasteiger charge is -2.36. The molecular weight excluding hydrogens is 240 g/mol. The van der Waals surface area contributed by atoms with Gasteiger partial charge >= 0.3 is 0 Å². The Kier molecular flexibility index (Phi) is 3.02. The van der Waals surface area contributed by atoms with Crippen LogP contribution in [-0.4, -0.2) is 52.7 Å². The predicted octanol–water partition coefficient (Wildman–Crippen LogP) is 0.842. The van der Waals surface area contributed by atoms with Crippen LogP contribution in [-0.2, 0) is 0 Å². The number of aromatic nitrogens is 3. The first kappa shape index (κ1) is 12.2. The van der Waals surface area contributed by atoms with E-state index >= 15 is 0 Å². The second-order valence-corrected chi connectivity index (χ2v) is 5.31. The van der Waals surface area contributed by atoms with Gasteiger partial charge in [0.15, 0.2) is 5.65 Å². The van der Waals surface area contributed by atoms with Crippen LogP contribution < -0.4 is 10.6 Å². The van der Waals surface area contributed by atoms with Gasteiger partial charge in [0, 0.05) is 13.1 Å². The Labute approximate surface area is 112 Å². The molecule has 1 aliphatic rings. The molecule has 19 heavy (non-hydrogen) atoms. The maximum atomic E-state index is 5.61. The number of likely N-dealkylation sites (tertiary alicyclic amines) is 1. The van der Waals surface area contributed by atoms with Crippen molar-refractivity contribution in [2.24, 2.45) is 0 Å². The highest BCUT2D eigenvalue weighted by molar-refractivity contribution is 5.52. The van der Waals surface area contributed by atoms with Crippen molar-refractivity contribution in [2.45, 2.75) is 18.9 Å². The molecule has 6 nitrogen and oxygen atoms in total. The van der Waals surface area contributed by atoms with Crippen molar-refractivity contribution >= 4 is 17.3 Å². The molecule has 2 aromatic rings. The molecule has 0 spiro atoms. The van der Waals surface area contributed by atoms with Crippen LogP contribution in [0.2, 0.25) is 0 Å². The van der Waals surface area contributed by atoms with Crippen LogP contribution in [0.15, 0.2) is 18.3 Å². The van der Waals surface area contributed by atoms with E-state index in [4.69, 9.17) is 5.73 Å². The Morgan fingerprint density at radius 1 is 1.32 bits per heavy atom. The first-order valence-electron chi connectivity index (χ1n) is 6.67. The zero-order chi connectivity index (χ0) is 13.4. The van der Waals surface area contributed by atoms with Crippen molar-refractivity contribution in [1.29, 1.82) is 0 Å². The Morgan fingerprint density at radius 2 is 2.05 bits per heavy atom. The van der Waals surface area contributed by atoms with Gasteiger partial charge in [-0.15, -0.1) is 5.10 Å². The number of hydrogen-bond donors (Lipinski definition) is 1. The Bertz CT molecular complexity index is 570. The number of nitrogen functional groups attached to an aromatic ring is 1. The molecule has 0 aliphatic carbocycles. The molecule has 102 valence electrons. The van der Waals surface area contributed by atoms with Gasteiger partial charge in [0.1, 0.15) is 0 Å². The smallest absolute Gasteiger partial charge is 0.240 e. The lowest BCUT2D eigenvalue weighted by molar-refractivity contribution is 0.253. The summed E-state index contributed by atoms with van der Waals surface area (Å²) in [6.07, 6.45) is 4.39. The lowest BCUT2D eigenvalue weighted by atomic mass is 10.0. The van der Waals surface area contributed by atoms with E-state index in [2.05, 4.69) is 40.0 Å². The topological polar surface area (TPSA) is 62.7 Å². The molecule has 0 unspecified atom stereocenters. The summed E-state index contributed by atoms with van der Waals surface area (Å²) in [7, 11) is 4.33. The molecule has 1 saturated heterocycles. The van der Waals surface area contributed by atoms with Crippen molar-refractivity contribution in [3.63, 3.8) is 0 Å². The molecule has 0 atom stereocenters. The minimum Gasteiger partial charge on any atom is -0.370 e. The number of hydrogen-bond acceptors (Lipinski definition) is 5. The van der Waals surface area contributed by atoms with E-state index < -0.39 is 0 Å². The first-order valence-corrected chi connectivity index (χ1v) is 6.67. The van der Waals surface area contributed by atoms with Crippen LogP contribution >= 0.6 is 0 Å². The Morgan fingerprint density at radius 3 is 2.79 bits per heavy atom. The van der Waals surface area contributed by atoms with Gasteiger partial charge in [-0.1, -0.05) is 0 Å². The quantitative estimate of drug-likeness (QED) is 0.867. The Hall–Kier alpha value is -1.82. The highest BCUT2D eigenvalue weighted by Gasteiger charge is 2.21. The summed E-state index contributed by atoms with van der Waals surface area (Å²) in [5.74, 6) is 0.319. The fraction of sp³-hybridized carbons (Fsp3) is 0.538. The van der Waals surface area contributed by atoms with E-state index in [0.29, 0.717) is 12.0 Å². The van der Waals surface area contributed by atoms with E-state index in [-0.39, 0.29) is 0 Å². The van der Waals surface area contributed by atoms with Gasteiger partial charge in [-0.3, -0.25) is 0 Å². The van der Waals surface area contributed by atoms with E-state index in [9.17, 15) is 0 Å². The first-order chi connectivity index (χ1) is 9.13. The fourth-order valence-corrected chi connectivity index (χ4v) is 2.69. The molecule has 0 saturated carbocycles. The largest absolute Gasteiger partial charge is 0.370 e. The molecule has 0 aromatic carbocycles. The van der Waals surface area contributed by atoms with Crippen LogP contribution in [0, 0.1) is 0 Å². The van der Waals surface area contributed by atoms with Crippen LogP contribution in [0.25, 0.3) is 5.65 Å². The molecule has 3 heterocycles. The summed E-state index contributed by atoms with van der Waals surface area (Å²) in [4.78, 5) is 8.86. The second kappa shape index (κ2) is 4.70. The highest BCUT2D eigenvalue weighted by atomic mass is 15.3. The number of nitrogens with zero attached hydrogens (tertiary/aromatic N) is 5. The maximum Gasteiger partial charge on any atom is 0.240 e. The van der Waals surface area contributed by atoms with Crippen LogP contribution in [0.4, 0.5) is 11.6 Å². The number of fused-ring (bicyclic) bond motifs is 1. The third-order valence-corrected chi connectivity index (χ3v) is 3.97. The van der Waals surface area contributed by atoms with E-state index in [1.54, 1.807) is 4.52 Å². The Balaban J connectivity index is 1.82. The van der Waals surface area contributed by atoms with Crippen molar-refractivity contribution < 1.29 is 0 Å². The molecule has 0 radical (unpaired) electrons. The molecule has 6 heteroatoms. The van der Waals surface area contributed by atoms with Crippen LogP contribution in [0.1, 0.15) is 12.8 Å². The lowest BCUT2D eigenvalue weighted by Crippen LogP contribution is -2.42. The van der Waals surface area contributed by atoms with Gasteiger partial charge in [-0.2, -0.15) is 4.98 Å². The monoisotopic (exact) mass is 260 g/mol. The normalized spacial score (nSPS) is 18.0. The fourth-order valence-electron chi connectivity index (χ4n) is 2.69. The third kappa shape index (κ3) is 2.35. The van der Waals surface area contributed by atoms with Crippen molar-refractivity contribution in [3.8, 4) is 0 Å². The minimum absolute atomic E-state index is 0.319. The van der Waals surface area contributed by atoms with Gasteiger partial charge in [0.05, 0.1) is 11.9 Å². The summed E-state index contributed by atoms with van der Waals surface area (Å²) in [6, 6.07) is 4.64. The molecular formula is C13H20N6. The molecule has 2 aromatic heterocycles. The number of pyridine rings is 1. The maximum absolute atomic E-state index is 5.61. The molecule has 3 rings (SSSR count). The van der Waals surface area contributed by atoms with E-state index in [1.807, 2.05) is 12.3 Å². The van der Waals surface area contributed by atoms with Gasteiger partial charge < -0.3 is 15.5 Å². The van der Waals surface area contributed by atoms with Crippen molar-refractivity contribution in [1.82, 2.24) is 19.5 Å². The standard InChI is InChI=1S/C13H20N6/c1-17-7-5-10(6-8-17)18(2)11-3-4-12-15-13(14)16-19(12)9-11/h3-4,9-10H,5-8H2,1-2H3,(H2,14,16). The van der Waals surface area contributed by atoms with Gasteiger partial charge in [0.2, 0.25) is 5.95 Å². The second-order valence-electron chi connectivity index (χ2n) is 5.31. The molecule has 1 fully saturated rings. The summed E-state index contributed by atoms with van der Waals surface area (Å²) >= 11 is 0. The summed E-state index contributed by atoms with van der Waals surface area (Å²) in [5.41, 5.74) is 7.56. The number of rotatable bonds is 2. The minimum atomic E-state index is 0.319. The molecule has 2 N–H and O–H groups in total. The molecule has 1 aliphatic heterocycles. The number of nitrogens with two attached hydrogens (primary N) is 1. The van der Waals surface area contributed by atoms with Crippen LogP contribution in [0.5, 0.6) is 0 Å². The molecule has 0 amide bonds. The van der Waals surface area contributed by atoms with Gasteiger partial charge in [0.25, 0.3) is 0 Å².